The van der Waals surface area contributed by atoms with E-state index >= 15 is 0 Å². The van der Waals surface area contributed by atoms with E-state index in [1.807, 2.05) is 0 Å². The van der Waals surface area contributed by atoms with Crippen LogP contribution in [0, 0.1) is 5.92 Å². The predicted molar refractivity (Wildman–Crippen MR) is 46.2 cm³/mol. The molecule has 4 heteroatoms. The first-order valence-corrected chi connectivity index (χ1v) is 4.63. The highest BCUT2D eigenvalue weighted by Crippen LogP contribution is 2.48. The van der Waals surface area contributed by atoms with Crippen LogP contribution in [0.2, 0.25) is 0 Å². The van der Waals surface area contributed by atoms with Crippen molar-refractivity contribution in [3.05, 3.63) is 23.7 Å². The molecule has 1 aliphatic rings. The maximum atomic E-state index is 12.9. The predicted octanol–water partition coefficient (Wildman–Crippen LogP) is 2.49. The third-order valence-electron chi connectivity index (χ3n) is 2.66. The fourth-order valence-electron chi connectivity index (χ4n) is 1.55. The monoisotopic (exact) mass is 202 g/mol. The Morgan fingerprint density at radius 2 is 2.21 bits per heavy atom. The number of hydrogen-bond acceptors (Lipinski definition) is 2. The van der Waals surface area contributed by atoms with E-state index in [-0.39, 0.29) is 0 Å². The van der Waals surface area contributed by atoms with Crippen molar-refractivity contribution in [2.45, 2.75) is 25.2 Å². The number of furan rings is 1. The van der Waals surface area contributed by atoms with E-state index in [1.165, 1.54) is 6.07 Å². The number of halogens is 2. The Labute approximate surface area is 80.5 Å². The molecule has 1 fully saturated rings. The molecule has 0 spiro atoms. The lowest BCUT2D eigenvalue weighted by Crippen LogP contribution is -2.17. The molecule has 2 nitrogen and oxygen atoms in total. The Kier molecular flexibility index (Phi) is 2.10. The summed E-state index contributed by atoms with van der Waals surface area (Å²) in [7, 11) is 0. The first-order chi connectivity index (χ1) is 6.54. The summed E-state index contributed by atoms with van der Waals surface area (Å²) in [5.41, 5.74) is 0. The average molecular weight is 202 g/mol. The second-order valence-corrected chi connectivity index (χ2v) is 3.88. The lowest BCUT2D eigenvalue weighted by Gasteiger charge is -2.08. The molecule has 0 aliphatic heterocycles. The largest absolute Gasteiger partial charge is 0.459 e. The minimum Gasteiger partial charge on any atom is -0.459 e. The number of aliphatic hydroxyl groups excluding tert-OH is 1. The molecular formula is C10H12F2O2. The van der Waals surface area contributed by atoms with Crippen LogP contribution < -0.4 is 0 Å². The maximum absolute atomic E-state index is 12.9. The third kappa shape index (κ3) is 1.54. The minimum atomic E-state index is -3.25. The van der Waals surface area contributed by atoms with Gasteiger partial charge in [-0.2, -0.15) is 8.78 Å². The highest BCUT2D eigenvalue weighted by Gasteiger charge is 2.40. The summed E-state index contributed by atoms with van der Waals surface area (Å²) in [5.74, 6) is -2.26. The van der Waals surface area contributed by atoms with Gasteiger partial charge in [-0.3, -0.25) is 0 Å². The molecule has 1 aromatic heterocycles. The van der Waals surface area contributed by atoms with Crippen LogP contribution >= 0.6 is 0 Å². The minimum absolute atomic E-state index is 0.290. The second-order valence-electron chi connectivity index (χ2n) is 3.88. The standard InChI is InChI=1S/C10H12F2O2/c1-6-4-7(6)8-2-3-9(14-8)10(11,12)5-13/h2-3,6-7,13H,4-5H2,1H3. The van der Waals surface area contributed by atoms with E-state index in [2.05, 4.69) is 6.92 Å². The van der Waals surface area contributed by atoms with Gasteiger partial charge in [-0.05, 0) is 24.5 Å². The molecule has 0 bridgehead atoms. The first-order valence-electron chi connectivity index (χ1n) is 4.63. The molecule has 0 saturated heterocycles. The quantitative estimate of drug-likeness (QED) is 0.816. The number of alkyl halides is 2. The summed E-state index contributed by atoms with van der Waals surface area (Å²) in [5, 5.41) is 8.45. The van der Waals surface area contributed by atoms with Crippen LogP contribution in [0.25, 0.3) is 0 Å². The molecular weight excluding hydrogens is 190 g/mol. The summed E-state index contributed by atoms with van der Waals surface area (Å²) >= 11 is 0. The van der Waals surface area contributed by atoms with Crippen molar-refractivity contribution >= 4 is 0 Å². The van der Waals surface area contributed by atoms with Gasteiger partial charge in [-0.15, -0.1) is 0 Å². The van der Waals surface area contributed by atoms with Crippen LogP contribution in [0.3, 0.4) is 0 Å². The molecule has 0 aromatic carbocycles. The summed E-state index contributed by atoms with van der Waals surface area (Å²) in [6.45, 7) is 0.844. The van der Waals surface area contributed by atoms with E-state index in [4.69, 9.17) is 9.52 Å². The van der Waals surface area contributed by atoms with Gasteiger partial charge in [0.1, 0.15) is 12.4 Å². The van der Waals surface area contributed by atoms with Crippen LogP contribution in [0.4, 0.5) is 8.78 Å². The number of hydrogen-bond donors (Lipinski definition) is 1. The van der Waals surface area contributed by atoms with Crippen molar-refractivity contribution in [1.82, 2.24) is 0 Å². The molecule has 2 unspecified atom stereocenters. The fourth-order valence-corrected chi connectivity index (χ4v) is 1.55. The summed E-state index contributed by atoms with van der Waals surface area (Å²) < 4.78 is 30.9. The van der Waals surface area contributed by atoms with Gasteiger partial charge >= 0.3 is 5.92 Å². The van der Waals surface area contributed by atoms with Crippen molar-refractivity contribution < 1.29 is 18.3 Å². The maximum Gasteiger partial charge on any atom is 0.327 e. The lowest BCUT2D eigenvalue weighted by molar-refractivity contribution is -0.0728. The van der Waals surface area contributed by atoms with E-state index in [1.54, 1.807) is 6.07 Å². The zero-order valence-electron chi connectivity index (χ0n) is 7.84. The van der Waals surface area contributed by atoms with Crippen LogP contribution in [0.1, 0.15) is 30.8 Å². The summed E-state index contributed by atoms with van der Waals surface area (Å²) in [6.07, 6.45) is 0.998. The Morgan fingerprint density at radius 1 is 1.57 bits per heavy atom. The van der Waals surface area contributed by atoms with Crippen molar-refractivity contribution in [3.8, 4) is 0 Å². The lowest BCUT2D eigenvalue weighted by atomic mass is 10.2. The van der Waals surface area contributed by atoms with Gasteiger partial charge in [-0.25, -0.2) is 0 Å². The molecule has 2 rings (SSSR count). The molecule has 1 aromatic rings. The molecule has 1 aliphatic carbocycles. The zero-order chi connectivity index (χ0) is 10.3. The van der Waals surface area contributed by atoms with Crippen LogP contribution in [0.15, 0.2) is 16.5 Å². The SMILES string of the molecule is CC1CC1c1ccc(C(F)(F)CO)o1. The molecule has 0 amide bonds. The van der Waals surface area contributed by atoms with Gasteiger partial charge in [-0.1, -0.05) is 6.92 Å². The van der Waals surface area contributed by atoms with Crippen molar-refractivity contribution in [2.75, 3.05) is 6.61 Å². The van der Waals surface area contributed by atoms with E-state index in [9.17, 15) is 8.78 Å². The summed E-state index contributed by atoms with van der Waals surface area (Å²) in [4.78, 5) is 0. The molecule has 1 heterocycles. The molecule has 2 atom stereocenters. The number of rotatable bonds is 3. The number of aliphatic hydroxyl groups is 1. The van der Waals surface area contributed by atoms with Gasteiger partial charge in [0, 0.05) is 5.92 Å². The highest BCUT2D eigenvalue weighted by atomic mass is 19.3. The molecule has 1 N–H and O–H groups in total. The van der Waals surface area contributed by atoms with Crippen LogP contribution in [0.5, 0.6) is 0 Å². The Balaban J connectivity index is 2.17. The van der Waals surface area contributed by atoms with Gasteiger partial charge in [0.15, 0.2) is 5.76 Å². The highest BCUT2D eigenvalue weighted by molar-refractivity contribution is 5.19. The molecule has 1 saturated carbocycles. The molecule has 14 heavy (non-hydrogen) atoms. The van der Waals surface area contributed by atoms with Gasteiger partial charge in [0.2, 0.25) is 0 Å². The molecule has 78 valence electrons. The second kappa shape index (κ2) is 3.05. The van der Waals surface area contributed by atoms with E-state index < -0.39 is 18.3 Å². The Bertz CT molecular complexity index is 333. The van der Waals surface area contributed by atoms with E-state index in [0.717, 1.165) is 6.42 Å². The zero-order valence-corrected chi connectivity index (χ0v) is 7.84. The first kappa shape index (κ1) is 9.65. The van der Waals surface area contributed by atoms with Crippen LogP contribution in [-0.4, -0.2) is 11.7 Å². The topological polar surface area (TPSA) is 33.4 Å². The van der Waals surface area contributed by atoms with Crippen molar-refractivity contribution in [2.24, 2.45) is 5.92 Å². The van der Waals surface area contributed by atoms with Gasteiger partial charge < -0.3 is 9.52 Å². The molecule has 0 radical (unpaired) electrons. The third-order valence-corrected chi connectivity index (χ3v) is 2.66. The smallest absolute Gasteiger partial charge is 0.327 e. The summed E-state index contributed by atoms with van der Waals surface area (Å²) in [6, 6.07) is 2.82. The Hall–Kier alpha value is -0.900. The van der Waals surface area contributed by atoms with Crippen molar-refractivity contribution in [1.29, 1.82) is 0 Å². The van der Waals surface area contributed by atoms with Crippen LogP contribution in [-0.2, 0) is 5.92 Å². The van der Waals surface area contributed by atoms with Gasteiger partial charge in [0.05, 0.1) is 0 Å². The Morgan fingerprint density at radius 3 is 2.71 bits per heavy atom. The normalized spacial score (nSPS) is 26.6. The van der Waals surface area contributed by atoms with Crippen molar-refractivity contribution in [3.63, 3.8) is 0 Å². The van der Waals surface area contributed by atoms with E-state index in [0.29, 0.717) is 17.6 Å². The van der Waals surface area contributed by atoms with Gasteiger partial charge in [0.25, 0.3) is 0 Å². The average Bonchev–Trinajstić information content (AvgIpc) is 2.70. The fraction of sp³-hybridized carbons (Fsp3) is 0.600.